The molecule has 0 amide bonds. The van der Waals surface area contributed by atoms with Gasteiger partial charge in [-0.3, -0.25) is 9.59 Å². The number of fused-ring (bicyclic) bond motifs is 1. The first-order valence-corrected chi connectivity index (χ1v) is 6.83. The van der Waals surface area contributed by atoms with Gasteiger partial charge in [0.1, 0.15) is 5.76 Å². The van der Waals surface area contributed by atoms with E-state index in [2.05, 4.69) is 0 Å². The van der Waals surface area contributed by atoms with E-state index >= 15 is 0 Å². The highest BCUT2D eigenvalue weighted by molar-refractivity contribution is 6.10. The lowest BCUT2D eigenvalue weighted by Crippen LogP contribution is -2.04. The second kappa shape index (κ2) is 5.99. The Morgan fingerprint density at radius 2 is 2.00 bits per heavy atom. The molecule has 0 bridgehead atoms. The van der Waals surface area contributed by atoms with Crippen LogP contribution in [-0.4, -0.2) is 24.0 Å². The third-order valence-corrected chi connectivity index (χ3v) is 3.55. The van der Waals surface area contributed by atoms with E-state index in [0.29, 0.717) is 23.3 Å². The standard InChI is InChI=1S/C16H18O5/c1-4-12-9(2)15-10(11(17)6-8-14(18)19)5-7-13(20-3)16(15)21-12/h5,7H,4,6,8H2,1-3H3,(H,18,19). The van der Waals surface area contributed by atoms with Gasteiger partial charge in [-0.25, -0.2) is 0 Å². The normalized spacial score (nSPS) is 10.8. The molecule has 0 atom stereocenters. The topological polar surface area (TPSA) is 76.7 Å². The zero-order chi connectivity index (χ0) is 15.6. The molecule has 0 aliphatic heterocycles. The van der Waals surface area contributed by atoms with E-state index in [1.165, 1.54) is 0 Å². The van der Waals surface area contributed by atoms with Crippen molar-refractivity contribution in [2.45, 2.75) is 33.1 Å². The summed E-state index contributed by atoms with van der Waals surface area (Å²) >= 11 is 0. The Labute approximate surface area is 122 Å². The summed E-state index contributed by atoms with van der Waals surface area (Å²) in [5, 5.41) is 9.43. The van der Waals surface area contributed by atoms with Crippen molar-refractivity contribution in [2.75, 3.05) is 7.11 Å². The van der Waals surface area contributed by atoms with E-state index in [9.17, 15) is 9.59 Å². The van der Waals surface area contributed by atoms with Gasteiger partial charge in [0.25, 0.3) is 0 Å². The molecule has 1 N–H and O–H groups in total. The van der Waals surface area contributed by atoms with Gasteiger partial charge in [0.2, 0.25) is 0 Å². The van der Waals surface area contributed by atoms with E-state index in [0.717, 1.165) is 16.7 Å². The molecular weight excluding hydrogens is 272 g/mol. The molecule has 5 heteroatoms. The van der Waals surface area contributed by atoms with Gasteiger partial charge in [-0.15, -0.1) is 0 Å². The molecule has 0 unspecified atom stereocenters. The third-order valence-electron chi connectivity index (χ3n) is 3.55. The van der Waals surface area contributed by atoms with Crippen LogP contribution in [0.25, 0.3) is 11.0 Å². The van der Waals surface area contributed by atoms with Crippen LogP contribution < -0.4 is 4.74 Å². The third kappa shape index (κ3) is 2.77. The zero-order valence-corrected chi connectivity index (χ0v) is 12.4. The number of methoxy groups -OCH3 is 1. The van der Waals surface area contributed by atoms with Crippen LogP contribution >= 0.6 is 0 Å². The summed E-state index contributed by atoms with van der Waals surface area (Å²) in [6.07, 6.45) is 0.513. The van der Waals surface area contributed by atoms with Crippen LogP contribution in [0.2, 0.25) is 0 Å². The molecule has 1 aromatic carbocycles. The predicted octanol–water partition coefficient (Wildman–Crippen LogP) is 3.36. The van der Waals surface area contributed by atoms with Crippen molar-refractivity contribution in [1.82, 2.24) is 0 Å². The maximum atomic E-state index is 12.3. The number of rotatable bonds is 6. The molecule has 5 nitrogen and oxygen atoms in total. The van der Waals surface area contributed by atoms with E-state index in [1.807, 2.05) is 13.8 Å². The smallest absolute Gasteiger partial charge is 0.303 e. The molecule has 2 aromatic rings. The summed E-state index contributed by atoms with van der Waals surface area (Å²) in [7, 11) is 1.55. The lowest BCUT2D eigenvalue weighted by Gasteiger charge is -2.05. The Kier molecular flexibility index (Phi) is 4.31. The van der Waals surface area contributed by atoms with Gasteiger partial charge in [0.15, 0.2) is 17.1 Å². The fourth-order valence-electron chi connectivity index (χ4n) is 2.46. The minimum atomic E-state index is -0.980. The summed E-state index contributed by atoms with van der Waals surface area (Å²) < 4.78 is 11.1. The zero-order valence-electron chi connectivity index (χ0n) is 12.4. The van der Waals surface area contributed by atoms with E-state index in [1.54, 1.807) is 19.2 Å². The average Bonchev–Trinajstić information content (AvgIpc) is 2.81. The van der Waals surface area contributed by atoms with Gasteiger partial charge in [0.05, 0.1) is 13.5 Å². The summed E-state index contributed by atoms with van der Waals surface area (Å²) in [6, 6.07) is 3.35. The number of Topliss-reactive ketones (excluding diaryl/α,β-unsaturated/α-hetero) is 1. The Balaban J connectivity index is 2.56. The van der Waals surface area contributed by atoms with Crippen molar-refractivity contribution < 1.29 is 23.8 Å². The summed E-state index contributed by atoms with van der Waals surface area (Å²) in [5.41, 5.74) is 1.95. The molecule has 1 heterocycles. The minimum absolute atomic E-state index is 0.0250. The largest absolute Gasteiger partial charge is 0.493 e. The number of ether oxygens (including phenoxy) is 1. The van der Waals surface area contributed by atoms with Crippen LogP contribution in [0, 0.1) is 6.92 Å². The highest BCUT2D eigenvalue weighted by Gasteiger charge is 2.20. The maximum Gasteiger partial charge on any atom is 0.303 e. The molecule has 0 aliphatic rings. The molecular formula is C16H18O5. The molecule has 2 rings (SSSR count). The van der Waals surface area contributed by atoms with Crippen LogP contribution in [0.5, 0.6) is 5.75 Å². The fourth-order valence-corrected chi connectivity index (χ4v) is 2.46. The highest BCUT2D eigenvalue weighted by atomic mass is 16.5. The predicted molar refractivity (Wildman–Crippen MR) is 78.1 cm³/mol. The summed E-state index contributed by atoms with van der Waals surface area (Å²) in [5.74, 6) is 0.201. The first-order valence-electron chi connectivity index (χ1n) is 6.83. The van der Waals surface area contributed by atoms with E-state index < -0.39 is 5.97 Å². The van der Waals surface area contributed by atoms with Gasteiger partial charge in [-0.1, -0.05) is 6.92 Å². The summed E-state index contributed by atoms with van der Waals surface area (Å²) in [6.45, 7) is 3.88. The van der Waals surface area contributed by atoms with Crippen molar-refractivity contribution in [1.29, 1.82) is 0 Å². The Morgan fingerprint density at radius 1 is 1.29 bits per heavy atom. The van der Waals surface area contributed by atoms with E-state index in [-0.39, 0.29) is 18.6 Å². The summed E-state index contributed by atoms with van der Waals surface area (Å²) in [4.78, 5) is 22.9. The molecule has 0 saturated carbocycles. The van der Waals surface area contributed by atoms with Gasteiger partial charge in [-0.05, 0) is 24.6 Å². The number of hydrogen-bond donors (Lipinski definition) is 1. The lowest BCUT2D eigenvalue weighted by atomic mass is 9.99. The molecule has 1 aromatic heterocycles. The van der Waals surface area contributed by atoms with Crippen molar-refractivity contribution in [3.8, 4) is 5.75 Å². The number of aryl methyl sites for hydroxylation is 2. The number of aliphatic carboxylic acids is 1. The second-order valence-electron chi connectivity index (χ2n) is 4.84. The van der Waals surface area contributed by atoms with Gasteiger partial charge in [0, 0.05) is 23.8 Å². The quantitative estimate of drug-likeness (QED) is 0.825. The van der Waals surface area contributed by atoms with Crippen LogP contribution in [-0.2, 0) is 11.2 Å². The minimum Gasteiger partial charge on any atom is -0.493 e. The molecule has 0 radical (unpaired) electrons. The molecule has 0 spiro atoms. The van der Waals surface area contributed by atoms with Gasteiger partial charge >= 0.3 is 5.97 Å². The van der Waals surface area contributed by atoms with Crippen molar-refractivity contribution >= 4 is 22.7 Å². The van der Waals surface area contributed by atoms with Crippen LogP contribution in [0.1, 0.15) is 41.4 Å². The van der Waals surface area contributed by atoms with Crippen molar-refractivity contribution in [3.05, 3.63) is 29.0 Å². The second-order valence-corrected chi connectivity index (χ2v) is 4.84. The number of carboxylic acids is 1. The van der Waals surface area contributed by atoms with Crippen molar-refractivity contribution in [3.63, 3.8) is 0 Å². The van der Waals surface area contributed by atoms with Crippen LogP contribution in [0.4, 0.5) is 0 Å². The lowest BCUT2D eigenvalue weighted by molar-refractivity contribution is -0.136. The average molecular weight is 290 g/mol. The monoisotopic (exact) mass is 290 g/mol. The Hall–Kier alpha value is -2.30. The molecule has 0 fully saturated rings. The number of carboxylic acid groups (broad SMARTS) is 1. The van der Waals surface area contributed by atoms with Gasteiger partial charge < -0.3 is 14.3 Å². The molecule has 0 saturated heterocycles. The first-order chi connectivity index (χ1) is 9.99. The maximum absolute atomic E-state index is 12.3. The Bertz CT molecular complexity index is 696. The number of furan rings is 1. The molecule has 0 aliphatic carbocycles. The SMILES string of the molecule is CCc1oc2c(OC)ccc(C(=O)CCC(=O)O)c2c1C. The number of carbonyl (C=O) groups is 2. The molecule has 112 valence electrons. The molecule has 21 heavy (non-hydrogen) atoms. The Morgan fingerprint density at radius 3 is 2.57 bits per heavy atom. The highest BCUT2D eigenvalue weighted by Crippen LogP contribution is 2.35. The first kappa shape index (κ1) is 15.1. The van der Waals surface area contributed by atoms with Gasteiger partial charge in [-0.2, -0.15) is 0 Å². The van der Waals surface area contributed by atoms with Crippen LogP contribution in [0.3, 0.4) is 0 Å². The fraction of sp³-hybridized carbons (Fsp3) is 0.375. The van der Waals surface area contributed by atoms with Crippen LogP contribution in [0.15, 0.2) is 16.5 Å². The number of hydrogen-bond acceptors (Lipinski definition) is 4. The van der Waals surface area contributed by atoms with Crippen molar-refractivity contribution in [2.24, 2.45) is 0 Å². The van der Waals surface area contributed by atoms with E-state index in [4.69, 9.17) is 14.3 Å². The number of benzene rings is 1. The number of carbonyl (C=O) groups excluding carboxylic acids is 1. The number of ketones is 1.